The van der Waals surface area contributed by atoms with Crippen molar-refractivity contribution in [3.05, 3.63) is 16.9 Å². The van der Waals surface area contributed by atoms with E-state index in [1.54, 1.807) is 17.9 Å². The van der Waals surface area contributed by atoms with Crippen LogP contribution >= 0.6 is 11.6 Å². The largest absolute Gasteiger partial charge is 0.387 e. The van der Waals surface area contributed by atoms with Crippen LogP contribution in [0.3, 0.4) is 0 Å². The number of aromatic nitrogens is 2. The lowest BCUT2D eigenvalue weighted by Gasteiger charge is -2.23. The Morgan fingerprint density at radius 3 is 3.06 bits per heavy atom. The third-order valence-electron chi connectivity index (χ3n) is 3.29. The topological polar surface area (TPSA) is 47.3 Å². The molecule has 17 heavy (non-hydrogen) atoms. The van der Waals surface area contributed by atoms with Crippen LogP contribution in [-0.4, -0.2) is 27.6 Å². The summed E-state index contributed by atoms with van der Waals surface area (Å²) in [5, 5.41) is 14.7. The molecule has 0 aliphatic carbocycles. The minimum atomic E-state index is -0.555. The predicted octanol–water partition coefficient (Wildman–Crippen LogP) is 2.46. The second kappa shape index (κ2) is 5.85. The summed E-state index contributed by atoms with van der Waals surface area (Å²) in [7, 11) is 1.79. The Morgan fingerprint density at radius 2 is 2.47 bits per heavy atom. The first-order chi connectivity index (χ1) is 8.18. The fraction of sp³-hybridized carbons (Fsp3) is 0.750. The third kappa shape index (κ3) is 3.21. The van der Waals surface area contributed by atoms with Crippen molar-refractivity contribution in [3.63, 3.8) is 0 Å². The van der Waals surface area contributed by atoms with Gasteiger partial charge in [0.25, 0.3) is 0 Å². The summed E-state index contributed by atoms with van der Waals surface area (Å²) >= 11 is 5.99. The molecular formula is C12H19ClN2O2. The fourth-order valence-corrected chi connectivity index (χ4v) is 2.60. The molecule has 2 unspecified atom stereocenters. The summed E-state index contributed by atoms with van der Waals surface area (Å²) in [5.41, 5.74) is 0.697. The molecule has 1 aromatic rings. The van der Waals surface area contributed by atoms with Crippen molar-refractivity contribution < 1.29 is 9.84 Å². The van der Waals surface area contributed by atoms with Crippen molar-refractivity contribution in [1.82, 2.24) is 9.78 Å². The highest BCUT2D eigenvalue weighted by Crippen LogP contribution is 2.27. The van der Waals surface area contributed by atoms with Gasteiger partial charge in [0, 0.05) is 13.7 Å². The molecule has 96 valence electrons. The summed E-state index contributed by atoms with van der Waals surface area (Å²) < 4.78 is 7.27. The van der Waals surface area contributed by atoms with Gasteiger partial charge >= 0.3 is 0 Å². The molecule has 0 radical (unpaired) electrons. The van der Waals surface area contributed by atoms with Gasteiger partial charge in [0.1, 0.15) is 0 Å². The number of halogens is 1. The summed E-state index contributed by atoms with van der Waals surface area (Å²) in [4.78, 5) is 0. The summed E-state index contributed by atoms with van der Waals surface area (Å²) in [6.07, 6.45) is 6.35. The zero-order valence-corrected chi connectivity index (χ0v) is 10.9. The van der Waals surface area contributed by atoms with Crippen LogP contribution in [0.4, 0.5) is 0 Å². The van der Waals surface area contributed by atoms with Gasteiger partial charge in [0.05, 0.1) is 29.1 Å². The number of aliphatic hydroxyl groups excluding tert-OH is 1. The molecule has 1 fully saturated rings. The molecule has 2 rings (SSSR count). The van der Waals surface area contributed by atoms with Crippen LogP contribution < -0.4 is 0 Å². The lowest BCUT2D eigenvalue weighted by atomic mass is 10.0. The van der Waals surface area contributed by atoms with E-state index in [1.807, 2.05) is 0 Å². The average Bonchev–Trinajstić information content (AvgIpc) is 2.67. The van der Waals surface area contributed by atoms with Crippen molar-refractivity contribution in [2.45, 2.75) is 44.3 Å². The molecule has 1 saturated heterocycles. The van der Waals surface area contributed by atoms with E-state index in [0.717, 1.165) is 25.9 Å². The number of rotatable bonds is 4. The Hall–Kier alpha value is -0.580. The van der Waals surface area contributed by atoms with Gasteiger partial charge in [-0.3, -0.25) is 4.68 Å². The summed E-state index contributed by atoms with van der Waals surface area (Å²) in [6.45, 7) is 0.854. The van der Waals surface area contributed by atoms with Crippen molar-refractivity contribution in [1.29, 1.82) is 0 Å². The Kier molecular flexibility index (Phi) is 4.42. The molecule has 0 saturated carbocycles. The Labute approximate surface area is 107 Å². The second-order valence-electron chi connectivity index (χ2n) is 4.58. The molecule has 4 nitrogen and oxygen atoms in total. The van der Waals surface area contributed by atoms with Crippen LogP contribution in [-0.2, 0) is 11.8 Å². The number of hydrogen-bond donors (Lipinski definition) is 1. The van der Waals surface area contributed by atoms with Crippen molar-refractivity contribution in [3.8, 4) is 0 Å². The molecule has 5 heteroatoms. The Balaban J connectivity index is 1.86. The van der Waals surface area contributed by atoms with Gasteiger partial charge < -0.3 is 9.84 Å². The minimum Gasteiger partial charge on any atom is -0.387 e. The van der Waals surface area contributed by atoms with Crippen LogP contribution in [0.1, 0.15) is 43.9 Å². The number of aryl methyl sites for hydroxylation is 1. The monoisotopic (exact) mass is 258 g/mol. The summed E-state index contributed by atoms with van der Waals surface area (Å²) in [5.74, 6) is 0. The van der Waals surface area contributed by atoms with Crippen LogP contribution in [0.25, 0.3) is 0 Å². The quantitative estimate of drug-likeness (QED) is 0.903. The van der Waals surface area contributed by atoms with Crippen molar-refractivity contribution in [2.75, 3.05) is 6.61 Å². The highest BCUT2D eigenvalue weighted by molar-refractivity contribution is 6.31. The number of nitrogens with zero attached hydrogens (tertiary/aromatic N) is 2. The molecule has 0 aromatic carbocycles. The molecule has 0 spiro atoms. The maximum Gasteiger partial charge on any atom is 0.0972 e. The molecule has 0 bridgehead atoms. The molecule has 1 aliphatic heterocycles. The van der Waals surface area contributed by atoms with Gasteiger partial charge in [0.15, 0.2) is 0 Å². The first kappa shape index (κ1) is 12.9. The summed E-state index contributed by atoms with van der Waals surface area (Å²) in [6, 6.07) is 0. The fourth-order valence-electron chi connectivity index (χ4n) is 2.31. The van der Waals surface area contributed by atoms with Crippen LogP contribution in [0.5, 0.6) is 0 Å². The molecule has 2 atom stereocenters. The lowest BCUT2D eigenvalue weighted by molar-refractivity contribution is 0.00161. The highest BCUT2D eigenvalue weighted by Gasteiger charge is 2.20. The van der Waals surface area contributed by atoms with Gasteiger partial charge in [-0.15, -0.1) is 0 Å². The first-order valence-electron chi connectivity index (χ1n) is 6.15. The minimum absolute atomic E-state index is 0.297. The van der Waals surface area contributed by atoms with Crippen LogP contribution in [0.15, 0.2) is 6.20 Å². The SMILES string of the molecule is Cn1ncc(Cl)c1C(O)CCC1CCCCO1. The molecule has 1 aliphatic rings. The van der Waals surface area contributed by atoms with Gasteiger partial charge in [-0.05, 0) is 32.1 Å². The smallest absolute Gasteiger partial charge is 0.0972 e. The zero-order valence-electron chi connectivity index (χ0n) is 10.1. The Morgan fingerprint density at radius 1 is 1.65 bits per heavy atom. The van der Waals surface area contributed by atoms with E-state index in [-0.39, 0.29) is 0 Å². The molecule has 2 heterocycles. The maximum absolute atomic E-state index is 10.1. The number of aliphatic hydroxyl groups is 1. The van der Waals surface area contributed by atoms with E-state index in [0.29, 0.717) is 23.2 Å². The molecule has 1 aromatic heterocycles. The molecular weight excluding hydrogens is 240 g/mol. The van der Waals surface area contributed by atoms with Gasteiger partial charge in [-0.25, -0.2) is 0 Å². The van der Waals surface area contributed by atoms with E-state index in [4.69, 9.17) is 16.3 Å². The highest BCUT2D eigenvalue weighted by atomic mass is 35.5. The van der Waals surface area contributed by atoms with Crippen LogP contribution in [0, 0.1) is 0 Å². The van der Waals surface area contributed by atoms with Crippen molar-refractivity contribution >= 4 is 11.6 Å². The van der Waals surface area contributed by atoms with Gasteiger partial charge in [0.2, 0.25) is 0 Å². The van der Waals surface area contributed by atoms with E-state index in [2.05, 4.69) is 5.10 Å². The maximum atomic E-state index is 10.1. The molecule has 1 N–H and O–H groups in total. The predicted molar refractivity (Wildman–Crippen MR) is 66.0 cm³/mol. The number of hydrogen-bond acceptors (Lipinski definition) is 3. The number of ether oxygens (including phenoxy) is 1. The van der Waals surface area contributed by atoms with Crippen molar-refractivity contribution in [2.24, 2.45) is 7.05 Å². The van der Waals surface area contributed by atoms with E-state index in [9.17, 15) is 5.11 Å². The standard InChI is InChI=1S/C12H19ClN2O2/c1-15-12(10(13)8-14-15)11(16)6-5-9-4-2-3-7-17-9/h8-9,11,16H,2-7H2,1H3. The van der Waals surface area contributed by atoms with Crippen LogP contribution in [0.2, 0.25) is 5.02 Å². The second-order valence-corrected chi connectivity index (χ2v) is 4.99. The zero-order chi connectivity index (χ0) is 12.3. The first-order valence-corrected chi connectivity index (χ1v) is 6.53. The van der Waals surface area contributed by atoms with Gasteiger partial charge in [-0.2, -0.15) is 5.10 Å². The normalized spacial score (nSPS) is 22.6. The van der Waals surface area contributed by atoms with Gasteiger partial charge in [-0.1, -0.05) is 11.6 Å². The molecule has 0 amide bonds. The third-order valence-corrected chi connectivity index (χ3v) is 3.58. The van der Waals surface area contributed by atoms with E-state index < -0.39 is 6.10 Å². The Bertz CT molecular complexity index is 342. The van der Waals surface area contributed by atoms with E-state index >= 15 is 0 Å². The van der Waals surface area contributed by atoms with E-state index in [1.165, 1.54) is 6.42 Å². The lowest BCUT2D eigenvalue weighted by Crippen LogP contribution is -2.20. The average molecular weight is 259 g/mol.